The number of ether oxygens (including phenoxy) is 1. The number of fused-ring (bicyclic) bond motifs is 1. The molecule has 0 spiro atoms. The molecule has 31 heavy (non-hydrogen) atoms. The lowest BCUT2D eigenvalue weighted by atomic mass is 10.0. The Balaban J connectivity index is 1.67. The molecule has 156 valence electrons. The van der Waals surface area contributed by atoms with E-state index in [0.29, 0.717) is 22.0 Å². The lowest BCUT2D eigenvalue weighted by Gasteiger charge is -2.12. The molecule has 0 aliphatic heterocycles. The van der Waals surface area contributed by atoms with Gasteiger partial charge in [-0.25, -0.2) is 13.5 Å². The maximum absolute atomic E-state index is 13.8. The van der Waals surface area contributed by atoms with Gasteiger partial charge < -0.3 is 4.74 Å². The van der Waals surface area contributed by atoms with Gasteiger partial charge in [-0.1, -0.05) is 24.3 Å². The molecule has 0 atom stereocenters. The normalized spacial score (nSPS) is 10.9. The number of hydrogen-bond acceptors (Lipinski definition) is 5. The van der Waals surface area contributed by atoms with E-state index < -0.39 is 16.6 Å². The largest absolute Gasteiger partial charge is 0.491 e. The number of nitro benzene ring substituents is 1. The molecule has 1 aromatic heterocycles. The van der Waals surface area contributed by atoms with Crippen molar-refractivity contribution < 1.29 is 18.4 Å². The first-order chi connectivity index (χ1) is 14.9. The van der Waals surface area contributed by atoms with Crippen LogP contribution in [-0.2, 0) is 6.54 Å². The molecule has 0 unspecified atom stereocenters. The van der Waals surface area contributed by atoms with E-state index in [1.807, 2.05) is 0 Å². The van der Waals surface area contributed by atoms with Crippen LogP contribution in [0, 0.1) is 21.7 Å². The predicted octanol–water partition coefficient (Wildman–Crippen LogP) is 4.33. The zero-order chi connectivity index (χ0) is 22.0. The third-order valence-corrected chi connectivity index (χ3v) is 4.66. The van der Waals surface area contributed by atoms with Crippen molar-refractivity contribution in [2.45, 2.75) is 6.54 Å². The first-order valence-corrected chi connectivity index (χ1v) is 9.26. The molecule has 1 heterocycles. The summed E-state index contributed by atoms with van der Waals surface area (Å²) in [6.45, 7) is 0.0622. The topological polar surface area (TPSA) is 87.3 Å². The summed E-state index contributed by atoms with van der Waals surface area (Å²) in [6.07, 6.45) is 0. The molecule has 0 N–H and O–H groups in total. The highest BCUT2D eigenvalue weighted by atomic mass is 19.2. The molecule has 0 aliphatic rings. The minimum Gasteiger partial charge on any atom is -0.491 e. The summed E-state index contributed by atoms with van der Waals surface area (Å²) in [7, 11) is 0. The second-order valence-electron chi connectivity index (χ2n) is 6.65. The van der Waals surface area contributed by atoms with Crippen molar-refractivity contribution in [3.63, 3.8) is 0 Å². The van der Waals surface area contributed by atoms with Crippen molar-refractivity contribution in [1.29, 1.82) is 0 Å². The van der Waals surface area contributed by atoms with Gasteiger partial charge in [0.25, 0.3) is 11.2 Å². The number of benzene rings is 3. The van der Waals surface area contributed by atoms with Crippen molar-refractivity contribution in [3.8, 4) is 17.0 Å². The van der Waals surface area contributed by atoms with Crippen LogP contribution in [0.2, 0.25) is 0 Å². The van der Waals surface area contributed by atoms with Gasteiger partial charge in [0.15, 0.2) is 11.6 Å². The van der Waals surface area contributed by atoms with E-state index in [1.54, 1.807) is 30.3 Å². The average Bonchev–Trinajstić information content (AvgIpc) is 2.77. The molecule has 0 amide bonds. The summed E-state index contributed by atoms with van der Waals surface area (Å²) in [5, 5.41) is 16.1. The van der Waals surface area contributed by atoms with Crippen LogP contribution in [0.15, 0.2) is 71.5 Å². The van der Waals surface area contributed by atoms with Crippen LogP contribution in [0.3, 0.4) is 0 Å². The number of nitrogens with zero attached hydrogens (tertiary/aromatic N) is 3. The Bertz CT molecular complexity index is 1350. The number of hydrogen-bond donors (Lipinski definition) is 0. The van der Waals surface area contributed by atoms with E-state index >= 15 is 0 Å². The smallest absolute Gasteiger partial charge is 0.274 e. The van der Waals surface area contributed by atoms with Gasteiger partial charge in [-0.15, -0.1) is 0 Å². The lowest BCUT2D eigenvalue weighted by Crippen LogP contribution is -2.26. The second-order valence-corrected chi connectivity index (χ2v) is 6.65. The van der Waals surface area contributed by atoms with E-state index in [2.05, 4.69) is 5.10 Å². The number of halogens is 2. The van der Waals surface area contributed by atoms with Crippen molar-refractivity contribution in [2.75, 3.05) is 6.61 Å². The van der Waals surface area contributed by atoms with Gasteiger partial charge >= 0.3 is 0 Å². The molecule has 0 radical (unpaired) electrons. The van der Waals surface area contributed by atoms with Crippen molar-refractivity contribution in [2.24, 2.45) is 0 Å². The van der Waals surface area contributed by atoms with Crippen molar-refractivity contribution >= 4 is 16.5 Å². The zero-order valence-electron chi connectivity index (χ0n) is 16.0. The Kier molecular flexibility index (Phi) is 5.40. The Morgan fingerprint density at radius 1 is 0.968 bits per heavy atom. The van der Waals surface area contributed by atoms with E-state index in [-0.39, 0.29) is 30.1 Å². The molecule has 3 aromatic carbocycles. The summed E-state index contributed by atoms with van der Waals surface area (Å²) >= 11 is 0. The van der Waals surface area contributed by atoms with Gasteiger partial charge in [0.05, 0.1) is 28.6 Å². The van der Waals surface area contributed by atoms with E-state index in [9.17, 15) is 23.7 Å². The number of aromatic nitrogens is 2. The molecule has 7 nitrogen and oxygen atoms in total. The van der Waals surface area contributed by atoms with E-state index in [1.165, 1.54) is 28.9 Å². The zero-order valence-corrected chi connectivity index (χ0v) is 16.0. The fourth-order valence-electron chi connectivity index (χ4n) is 3.18. The van der Waals surface area contributed by atoms with Crippen LogP contribution in [0.1, 0.15) is 0 Å². The third kappa shape index (κ3) is 4.11. The second kappa shape index (κ2) is 8.31. The highest BCUT2D eigenvalue weighted by molar-refractivity contribution is 5.93. The molecule has 4 rings (SSSR count). The standard InChI is InChI=1S/C22H15F2N3O4/c23-19-9-8-14(12-20(19)24)21-17-6-1-2-7-18(17)22(28)26(25-21)10-11-31-16-5-3-4-15(13-16)27(29)30/h1-9,12-13H,10-11H2. The van der Waals surface area contributed by atoms with Crippen LogP contribution in [-0.4, -0.2) is 21.3 Å². The monoisotopic (exact) mass is 423 g/mol. The Labute approximate surface area is 174 Å². The Morgan fingerprint density at radius 2 is 1.74 bits per heavy atom. The third-order valence-electron chi connectivity index (χ3n) is 4.66. The Hall–Kier alpha value is -4.14. The van der Waals surface area contributed by atoms with Crippen LogP contribution < -0.4 is 10.3 Å². The maximum Gasteiger partial charge on any atom is 0.274 e. The Morgan fingerprint density at radius 3 is 2.48 bits per heavy atom. The molecule has 4 aromatic rings. The van der Waals surface area contributed by atoms with Crippen molar-refractivity contribution in [3.05, 3.63) is 98.8 Å². The summed E-state index contributed by atoms with van der Waals surface area (Å²) in [5.41, 5.74) is 0.164. The first-order valence-electron chi connectivity index (χ1n) is 9.26. The first kappa shape index (κ1) is 20.1. The molecular formula is C22H15F2N3O4. The van der Waals surface area contributed by atoms with Crippen LogP contribution in [0.5, 0.6) is 5.75 Å². The molecule has 0 saturated heterocycles. The van der Waals surface area contributed by atoms with Crippen molar-refractivity contribution in [1.82, 2.24) is 9.78 Å². The van der Waals surface area contributed by atoms with Gasteiger partial charge in [-0.2, -0.15) is 5.10 Å². The molecular weight excluding hydrogens is 408 g/mol. The lowest BCUT2D eigenvalue weighted by molar-refractivity contribution is -0.384. The number of non-ortho nitro benzene ring substituents is 1. The summed E-state index contributed by atoms with van der Waals surface area (Å²) in [4.78, 5) is 23.2. The van der Waals surface area contributed by atoms with Crippen LogP contribution in [0.25, 0.3) is 22.0 Å². The van der Waals surface area contributed by atoms with Crippen LogP contribution >= 0.6 is 0 Å². The van der Waals surface area contributed by atoms with Gasteiger partial charge in [0, 0.05) is 17.0 Å². The average molecular weight is 423 g/mol. The van der Waals surface area contributed by atoms with Gasteiger partial charge in [0.1, 0.15) is 12.4 Å². The van der Waals surface area contributed by atoms with Crippen LogP contribution in [0.4, 0.5) is 14.5 Å². The van der Waals surface area contributed by atoms with Gasteiger partial charge in [-0.3, -0.25) is 14.9 Å². The highest BCUT2D eigenvalue weighted by Gasteiger charge is 2.14. The molecule has 0 saturated carbocycles. The summed E-state index contributed by atoms with van der Waals surface area (Å²) in [5.74, 6) is -1.72. The number of nitro groups is 1. The molecule has 9 heteroatoms. The van der Waals surface area contributed by atoms with E-state index in [4.69, 9.17) is 4.74 Å². The highest BCUT2D eigenvalue weighted by Crippen LogP contribution is 2.26. The van der Waals surface area contributed by atoms with Gasteiger partial charge in [-0.05, 0) is 30.3 Å². The molecule has 0 aliphatic carbocycles. The number of rotatable bonds is 6. The quantitative estimate of drug-likeness (QED) is 0.340. The molecule has 0 bridgehead atoms. The maximum atomic E-state index is 13.8. The predicted molar refractivity (Wildman–Crippen MR) is 110 cm³/mol. The minimum absolute atomic E-state index is 0.0175. The fraction of sp³-hybridized carbons (Fsp3) is 0.0909. The summed E-state index contributed by atoms with van der Waals surface area (Å²) < 4.78 is 33.9. The van der Waals surface area contributed by atoms with Gasteiger partial charge in [0.2, 0.25) is 0 Å². The summed E-state index contributed by atoms with van der Waals surface area (Å²) in [6, 6.07) is 15.8. The fourth-order valence-corrected chi connectivity index (χ4v) is 3.18. The van der Waals surface area contributed by atoms with E-state index in [0.717, 1.165) is 12.1 Å². The SMILES string of the molecule is O=c1c2ccccc2c(-c2ccc(F)c(F)c2)nn1CCOc1cccc([N+](=O)[O-])c1. The molecule has 0 fully saturated rings. The minimum atomic E-state index is -1.02.